The summed E-state index contributed by atoms with van der Waals surface area (Å²) in [4.78, 5) is 11.7. The molecule has 0 aromatic heterocycles. The third-order valence-electron chi connectivity index (χ3n) is 3.68. The molecule has 0 saturated carbocycles. The maximum absolute atomic E-state index is 11.7. The quantitative estimate of drug-likeness (QED) is 0.609. The first-order valence-corrected chi connectivity index (χ1v) is 7.58. The lowest BCUT2D eigenvalue weighted by atomic mass is 9.87. The highest BCUT2D eigenvalue weighted by molar-refractivity contribution is 5.81. The molecule has 1 rings (SSSR count). The molecule has 0 spiro atoms. The molecule has 21 heavy (non-hydrogen) atoms. The van der Waals surface area contributed by atoms with Crippen LogP contribution in [0.5, 0.6) is 0 Å². The molecule has 1 amide bonds. The minimum atomic E-state index is -1.17. The highest BCUT2D eigenvalue weighted by Crippen LogP contribution is 2.19. The Labute approximate surface area is 127 Å². The summed E-state index contributed by atoms with van der Waals surface area (Å²) in [5, 5.41) is 21.7. The Balaban J connectivity index is 2.13. The molecule has 0 bridgehead atoms. The summed E-state index contributed by atoms with van der Waals surface area (Å²) in [6, 6.07) is 10.3. The van der Waals surface area contributed by atoms with E-state index in [0.29, 0.717) is 6.54 Å². The van der Waals surface area contributed by atoms with Crippen LogP contribution in [0.15, 0.2) is 30.3 Å². The molecule has 0 unspecified atom stereocenters. The van der Waals surface area contributed by atoms with Gasteiger partial charge in [-0.25, -0.2) is 0 Å². The Hall–Kier alpha value is -1.39. The number of carbonyl (C=O) groups excluding carboxylic acids is 1. The second-order valence-corrected chi connectivity index (χ2v) is 6.14. The topological polar surface area (TPSA) is 69.6 Å². The normalized spacial score (nSPS) is 13.0. The lowest BCUT2D eigenvalue weighted by molar-refractivity contribution is -0.137. The van der Waals surface area contributed by atoms with Gasteiger partial charge < -0.3 is 15.5 Å². The lowest BCUT2D eigenvalue weighted by Gasteiger charge is -2.27. The molecule has 4 nitrogen and oxygen atoms in total. The Kier molecular flexibility index (Phi) is 7.40. The van der Waals surface area contributed by atoms with Gasteiger partial charge in [-0.2, -0.15) is 0 Å². The van der Waals surface area contributed by atoms with Crippen LogP contribution in [0, 0.1) is 5.41 Å². The SMILES string of the molecule is CC(C)(CO)[C@H](O)C(=O)NCCCCCc1ccccc1. The fraction of sp³-hybridized carbons (Fsp3) is 0.588. The summed E-state index contributed by atoms with van der Waals surface area (Å²) in [6.45, 7) is 3.67. The second kappa shape index (κ2) is 8.80. The third kappa shape index (κ3) is 6.27. The monoisotopic (exact) mass is 293 g/mol. The summed E-state index contributed by atoms with van der Waals surface area (Å²) in [6.07, 6.45) is 2.89. The van der Waals surface area contributed by atoms with Crippen LogP contribution in [0.25, 0.3) is 0 Å². The lowest BCUT2D eigenvalue weighted by Crippen LogP contribution is -2.45. The van der Waals surface area contributed by atoms with Gasteiger partial charge in [-0.05, 0) is 24.8 Å². The molecule has 0 aliphatic heterocycles. The molecular weight excluding hydrogens is 266 g/mol. The second-order valence-electron chi connectivity index (χ2n) is 6.14. The summed E-state index contributed by atoms with van der Waals surface area (Å²) in [5.41, 5.74) is 0.527. The van der Waals surface area contributed by atoms with E-state index in [2.05, 4.69) is 17.4 Å². The van der Waals surface area contributed by atoms with Crippen molar-refractivity contribution in [1.29, 1.82) is 0 Å². The molecule has 1 aromatic carbocycles. The number of aliphatic hydroxyl groups excluding tert-OH is 2. The average Bonchev–Trinajstić information content (AvgIpc) is 2.50. The minimum absolute atomic E-state index is 0.224. The predicted octanol–water partition coefficient (Wildman–Crippen LogP) is 1.89. The Morgan fingerprint density at radius 1 is 1.19 bits per heavy atom. The maximum atomic E-state index is 11.7. The zero-order chi connectivity index (χ0) is 15.7. The fourth-order valence-electron chi connectivity index (χ4n) is 2.03. The van der Waals surface area contributed by atoms with Crippen molar-refractivity contribution >= 4 is 5.91 Å². The molecule has 0 fully saturated rings. The van der Waals surface area contributed by atoms with E-state index in [4.69, 9.17) is 5.11 Å². The van der Waals surface area contributed by atoms with Gasteiger partial charge in [-0.1, -0.05) is 50.6 Å². The predicted molar refractivity (Wildman–Crippen MR) is 83.9 cm³/mol. The van der Waals surface area contributed by atoms with E-state index in [0.717, 1.165) is 25.7 Å². The van der Waals surface area contributed by atoms with E-state index >= 15 is 0 Å². The van der Waals surface area contributed by atoms with Crippen LogP contribution >= 0.6 is 0 Å². The van der Waals surface area contributed by atoms with Gasteiger partial charge in [-0.15, -0.1) is 0 Å². The zero-order valence-corrected chi connectivity index (χ0v) is 13.0. The van der Waals surface area contributed by atoms with E-state index in [1.54, 1.807) is 13.8 Å². The van der Waals surface area contributed by atoms with Crippen molar-refractivity contribution in [3.05, 3.63) is 35.9 Å². The number of nitrogens with one attached hydrogen (secondary N) is 1. The van der Waals surface area contributed by atoms with E-state index in [9.17, 15) is 9.90 Å². The van der Waals surface area contributed by atoms with E-state index in [-0.39, 0.29) is 6.61 Å². The highest BCUT2D eigenvalue weighted by Gasteiger charge is 2.32. The molecule has 3 N–H and O–H groups in total. The molecular formula is C17H27NO3. The van der Waals surface area contributed by atoms with Crippen LogP contribution in [0.2, 0.25) is 0 Å². The number of benzene rings is 1. The molecule has 0 radical (unpaired) electrons. The first-order chi connectivity index (χ1) is 9.97. The summed E-state index contributed by atoms with van der Waals surface area (Å²) < 4.78 is 0. The Morgan fingerprint density at radius 3 is 2.48 bits per heavy atom. The first-order valence-electron chi connectivity index (χ1n) is 7.58. The van der Waals surface area contributed by atoms with E-state index in [1.807, 2.05) is 18.2 Å². The average molecular weight is 293 g/mol. The van der Waals surface area contributed by atoms with Gasteiger partial charge in [0, 0.05) is 12.0 Å². The number of carbonyl (C=O) groups is 1. The van der Waals surface area contributed by atoms with Gasteiger partial charge in [0.1, 0.15) is 6.10 Å². The number of hydrogen-bond acceptors (Lipinski definition) is 3. The summed E-state index contributed by atoms with van der Waals surface area (Å²) in [5.74, 6) is -0.405. The van der Waals surface area contributed by atoms with Crippen molar-refractivity contribution in [3.63, 3.8) is 0 Å². The Bertz CT molecular complexity index is 417. The molecule has 118 valence electrons. The third-order valence-corrected chi connectivity index (χ3v) is 3.68. The zero-order valence-electron chi connectivity index (χ0n) is 13.0. The Morgan fingerprint density at radius 2 is 1.86 bits per heavy atom. The van der Waals surface area contributed by atoms with Crippen molar-refractivity contribution in [2.45, 2.75) is 45.6 Å². The molecule has 0 aliphatic rings. The fourth-order valence-corrected chi connectivity index (χ4v) is 2.03. The molecule has 0 saturated heterocycles. The largest absolute Gasteiger partial charge is 0.396 e. The molecule has 0 aliphatic carbocycles. The van der Waals surface area contributed by atoms with E-state index < -0.39 is 17.4 Å². The smallest absolute Gasteiger partial charge is 0.249 e. The number of aryl methyl sites for hydroxylation is 1. The van der Waals surface area contributed by atoms with Crippen LogP contribution in [-0.2, 0) is 11.2 Å². The minimum Gasteiger partial charge on any atom is -0.396 e. The van der Waals surface area contributed by atoms with Gasteiger partial charge in [0.2, 0.25) is 5.91 Å². The van der Waals surface area contributed by atoms with Crippen molar-refractivity contribution in [1.82, 2.24) is 5.32 Å². The van der Waals surface area contributed by atoms with Crippen LogP contribution in [0.4, 0.5) is 0 Å². The van der Waals surface area contributed by atoms with Crippen molar-refractivity contribution in [2.24, 2.45) is 5.41 Å². The number of hydrogen-bond donors (Lipinski definition) is 3. The number of rotatable bonds is 9. The van der Waals surface area contributed by atoms with E-state index in [1.165, 1.54) is 5.56 Å². The van der Waals surface area contributed by atoms with Crippen LogP contribution in [0.1, 0.15) is 38.7 Å². The number of aliphatic hydroxyl groups is 2. The maximum Gasteiger partial charge on any atom is 0.249 e. The molecule has 0 heterocycles. The van der Waals surface area contributed by atoms with Gasteiger partial charge in [0.05, 0.1) is 6.61 Å². The van der Waals surface area contributed by atoms with Crippen LogP contribution in [0.3, 0.4) is 0 Å². The summed E-state index contributed by atoms with van der Waals surface area (Å²) >= 11 is 0. The standard InChI is InChI=1S/C17H27NO3/c1-17(2,13-19)15(20)16(21)18-12-8-4-7-11-14-9-5-3-6-10-14/h3,5-6,9-10,15,19-20H,4,7-8,11-13H2,1-2H3,(H,18,21)/t15-/m1/s1. The highest BCUT2D eigenvalue weighted by atomic mass is 16.3. The van der Waals surface area contributed by atoms with Crippen molar-refractivity contribution < 1.29 is 15.0 Å². The molecule has 1 aromatic rings. The van der Waals surface area contributed by atoms with Gasteiger partial charge in [0.15, 0.2) is 0 Å². The molecule has 4 heteroatoms. The number of unbranched alkanes of at least 4 members (excludes halogenated alkanes) is 2. The van der Waals surface area contributed by atoms with Crippen molar-refractivity contribution in [3.8, 4) is 0 Å². The van der Waals surface area contributed by atoms with Crippen LogP contribution < -0.4 is 5.32 Å². The van der Waals surface area contributed by atoms with Gasteiger partial charge in [0.25, 0.3) is 0 Å². The molecule has 1 atom stereocenters. The summed E-state index contributed by atoms with van der Waals surface area (Å²) in [7, 11) is 0. The van der Waals surface area contributed by atoms with Gasteiger partial charge >= 0.3 is 0 Å². The first kappa shape index (κ1) is 17.7. The van der Waals surface area contributed by atoms with Crippen LogP contribution in [-0.4, -0.2) is 35.4 Å². The van der Waals surface area contributed by atoms with Crippen molar-refractivity contribution in [2.75, 3.05) is 13.2 Å². The number of amides is 1. The van der Waals surface area contributed by atoms with Gasteiger partial charge in [-0.3, -0.25) is 4.79 Å².